The molecule has 1 fully saturated rings. The molecule has 4 N–H and O–H groups in total. The highest BCUT2D eigenvalue weighted by molar-refractivity contribution is 5.44. The van der Waals surface area contributed by atoms with E-state index in [-0.39, 0.29) is 6.10 Å². The molecule has 0 saturated carbocycles. The molecule has 37 heavy (non-hydrogen) atoms. The molecule has 1 unspecified atom stereocenters. The van der Waals surface area contributed by atoms with Crippen LogP contribution in [-0.4, -0.2) is 64.2 Å². The third-order valence-corrected chi connectivity index (χ3v) is 6.94. The molecule has 192 valence electrons. The van der Waals surface area contributed by atoms with Crippen LogP contribution >= 0.6 is 0 Å². The summed E-state index contributed by atoms with van der Waals surface area (Å²) in [7, 11) is 0. The van der Waals surface area contributed by atoms with Gasteiger partial charge in [0.25, 0.3) is 0 Å². The Morgan fingerprint density at radius 3 is 2.46 bits per heavy atom. The molecule has 0 aromatic heterocycles. The van der Waals surface area contributed by atoms with Crippen LogP contribution in [0.3, 0.4) is 0 Å². The van der Waals surface area contributed by atoms with Crippen molar-refractivity contribution in [2.45, 2.75) is 49.5 Å². The van der Waals surface area contributed by atoms with E-state index >= 15 is 0 Å². The van der Waals surface area contributed by atoms with Crippen molar-refractivity contribution in [3.63, 3.8) is 0 Å². The van der Waals surface area contributed by atoms with Crippen LogP contribution in [0.2, 0.25) is 0 Å². The lowest BCUT2D eigenvalue weighted by Gasteiger charge is -2.40. The second kappa shape index (κ2) is 10.9. The van der Waals surface area contributed by atoms with E-state index in [0.717, 1.165) is 29.0 Å². The summed E-state index contributed by atoms with van der Waals surface area (Å²) in [5, 5.41) is 49.8. The van der Waals surface area contributed by atoms with E-state index in [1.807, 2.05) is 42.5 Å². The summed E-state index contributed by atoms with van der Waals surface area (Å²) in [6.45, 7) is -0.0629. The second-order valence-electron chi connectivity index (χ2n) is 9.46. The number of benzene rings is 3. The maximum atomic E-state index is 10.5. The normalized spacial score (nSPS) is 26.7. The lowest BCUT2D eigenvalue weighted by Crippen LogP contribution is -2.55. The zero-order valence-corrected chi connectivity index (χ0v) is 20.1. The number of hydrogen-bond acceptors (Lipinski definition) is 8. The number of nitrogens with zero attached hydrogens (tertiary/aromatic N) is 1. The van der Waals surface area contributed by atoms with Gasteiger partial charge in [-0.25, -0.2) is 0 Å². The number of nitriles is 1. The first kappa shape index (κ1) is 25.2. The van der Waals surface area contributed by atoms with Crippen molar-refractivity contribution in [2.24, 2.45) is 0 Å². The van der Waals surface area contributed by atoms with Gasteiger partial charge in [-0.3, -0.25) is 0 Å². The van der Waals surface area contributed by atoms with Crippen LogP contribution in [0.5, 0.6) is 11.5 Å². The lowest BCUT2D eigenvalue weighted by atomic mass is 9.89. The minimum atomic E-state index is -1.47. The zero-order chi connectivity index (χ0) is 25.9. The smallest absolute Gasteiger partial charge is 0.137 e. The summed E-state index contributed by atoms with van der Waals surface area (Å²) < 4.78 is 17.5. The molecule has 5 rings (SSSR count). The van der Waals surface area contributed by atoms with Crippen LogP contribution in [0.25, 0.3) is 0 Å². The van der Waals surface area contributed by atoms with Gasteiger partial charge in [0.1, 0.15) is 54.7 Å². The Morgan fingerprint density at radius 2 is 1.73 bits per heavy atom. The van der Waals surface area contributed by atoms with E-state index in [2.05, 4.69) is 12.1 Å². The Bertz CT molecular complexity index is 1240. The molecule has 0 bridgehead atoms. The van der Waals surface area contributed by atoms with Crippen molar-refractivity contribution in [1.29, 1.82) is 5.26 Å². The fourth-order valence-corrected chi connectivity index (χ4v) is 4.88. The third-order valence-electron chi connectivity index (χ3n) is 6.94. The molecule has 2 heterocycles. The van der Waals surface area contributed by atoms with Crippen molar-refractivity contribution in [3.8, 4) is 17.6 Å². The van der Waals surface area contributed by atoms with Gasteiger partial charge in [0, 0.05) is 6.42 Å². The largest absolute Gasteiger partial charge is 0.490 e. The summed E-state index contributed by atoms with van der Waals surface area (Å²) in [5.74, 6) is 1.63. The van der Waals surface area contributed by atoms with E-state index in [1.165, 1.54) is 5.56 Å². The number of para-hydroxylation sites is 1. The Labute approximate surface area is 214 Å². The molecule has 6 atom stereocenters. The molecule has 0 spiro atoms. The molecule has 0 amide bonds. The fraction of sp³-hybridized carbons (Fsp3) is 0.345. The topological polar surface area (TPSA) is 132 Å². The quantitative estimate of drug-likeness (QED) is 0.385. The monoisotopic (exact) mass is 503 g/mol. The van der Waals surface area contributed by atoms with Crippen molar-refractivity contribution >= 4 is 0 Å². The van der Waals surface area contributed by atoms with Crippen LogP contribution < -0.4 is 9.47 Å². The molecule has 1 saturated heterocycles. The van der Waals surface area contributed by atoms with Crippen LogP contribution in [0, 0.1) is 11.3 Å². The van der Waals surface area contributed by atoms with Gasteiger partial charge in [0.05, 0.1) is 18.2 Å². The summed E-state index contributed by atoms with van der Waals surface area (Å²) in [5.41, 5.74) is 3.89. The highest BCUT2D eigenvalue weighted by Crippen LogP contribution is 2.34. The van der Waals surface area contributed by atoms with Crippen LogP contribution in [-0.2, 0) is 17.6 Å². The van der Waals surface area contributed by atoms with Crippen molar-refractivity contribution in [1.82, 2.24) is 0 Å². The Hall–Kier alpha value is -3.45. The highest BCUT2D eigenvalue weighted by Gasteiger charge is 2.44. The molecule has 0 radical (unpaired) electrons. The Morgan fingerprint density at radius 1 is 0.946 bits per heavy atom. The SMILES string of the molecule is N#Cc1ccc([C@@H]2O[C@H](CO)[C@@H](O)[C@H](O)[C@H]2O)cc1Cc1ccc(OCC2Cc3ccccc3O2)cc1. The predicted octanol–water partition coefficient (Wildman–Crippen LogP) is 2.05. The summed E-state index contributed by atoms with van der Waals surface area (Å²) in [6.07, 6.45) is -4.99. The van der Waals surface area contributed by atoms with Gasteiger partial charge in [-0.1, -0.05) is 42.5 Å². The standard InChI is InChI=1S/C29H29NO7/c30-14-20-8-7-19(29-28(34)27(33)26(32)25(15-31)37-29)12-21(20)11-17-5-9-22(10-6-17)35-16-23-13-18-3-1-2-4-24(18)36-23/h1-10,12,23,25-29,31-34H,11,13,15-16H2/t23?,25-,26-,27+,28-,29+/m1/s1. The third kappa shape index (κ3) is 5.32. The molecule has 3 aromatic rings. The van der Waals surface area contributed by atoms with Gasteiger partial charge < -0.3 is 34.6 Å². The zero-order valence-electron chi connectivity index (χ0n) is 20.1. The van der Waals surface area contributed by atoms with Gasteiger partial charge in [-0.2, -0.15) is 5.26 Å². The highest BCUT2D eigenvalue weighted by atomic mass is 16.5. The average molecular weight is 504 g/mol. The summed E-state index contributed by atoms with van der Waals surface area (Å²) in [6, 6.07) is 22.8. The van der Waals surface area contributed by atoms with E-state index in [1.54, 1.807) is 18.2 Å². The van der Waals surface area contributed by atoms with Gasteiger partial charge in [-0.15, -0.1) is 0 Å². The summed E-state index contributed by atoms with van der Waals surface area (Å²) >= 11 is 0. The maximum Gasteiger partial charge on any atom is 0.137 e. The molecule has 8 heteroatoms. The van der Waals surface area contributed by atoms with Crippen LogP contribution in [0.1, 0.15) is 33.9 Å². The van der Waals surface area contributed by atoms with Gasteiger partial charge in [0.2, 0.25) is 0 Å². The maximum absolute atomic E-state index is 10.5. The number of aliphatic hydroxyl groups is 4. The van der Waals surface area contributed by atoms with Gasteiger partial charge in [-0.05, 0) is 52.9 Å². The summed E-state index contributed by atoms with van der Waals surface area (Å²) in [4.78, 5) is 0. The first-order valence-corrected chi connectivity index (χ1v) is 12.3. The van der Waals surface area contributed by atoms with Crippen molar-refractivity contribution < 1.29 is 34.6 Å². The molecular weight excluding hydrogens is 474 g/mol. The van der Waals surface area contributed by atoms with Crippen molar-refractivity contribution in [2.75, 3.05) is 13.2 Å². The van der Waals surface area contributed by atoms with Gasteiger partial charge >= 0.3 is 0 Å². The van der Waals surface area contributed by atoms with E-state index in [0.29, 0.717) is 24.2 Å². The number of aliphatic hydroxyl groups excluding tert-OH is 4. The van der Waals surface area contributed by atoms with Crippen LogP contribution in [0.4, 0.5) is 0 Å². The first-order chi connectivity index (χ1) is 18.0. The predicted molar refractivity (Wildman–Crippen MR) is 133 cm³/mol. The van der Waals surface area contributed by atoms with E-state index < -0.39 is 37.1 Å². The fourth-order valence-electron chi connectivity index (χ4n) is 4.88. The van der Waals surface area contributed by atoms with Crippen molar-refractivity contribution in [3.05, 3.63) is 94.5 Å². The molecule has 3 aromatic carbocycles. The average Bonchev–Trinajstić information content (AvgIpc) is 3.35. The number of hydrogen-bond donors (Lipinski definition) is 4. The molecule has 8 nitrogen and oxygen atoms in total. The molecule has 2 aliphatic rings. The van der Waals surface area contributed by atoms with E-state index in [4.69, 9.17) is 14.2 Å². The second-order valence-corrected chi connectivity index (χ2v) is 9.46. The Balaban J connectivity index is 1.25. The van der Waals surface area contributed by atoms with Gasteiger partial charge in [0.15, 0.2) is 0 Å². The molecular formula is C29H29NO7. The van der Waals surface area contributed by atoms with E-state index in [9.17, 15) is 25.7 Å². The minimum Gasteiger partial charge on any atom is -0.490 e. The first-order valence-electron chi connectivity index (χ1n) is 12.3. The molecule has 2 aliphatic heterocycles. The lowest BCUT2D eigenvalue weighted by molar-refractivity contribution is -0.231. The minimum absolute atomic E-state index is 0.0274. The Kier molecular flexibility index (Phi) is 7.42. The molecule has 0 aliphatic carbocycles. The number of rotatable bonds is 7. The number of ether oxygens (including phenoxy) is 3. The van der Waals surface area contributed by atoms with Crippen LogP contribution in [0.15, 0.2) is 66.7 Å². The number of fused-ring (bicyclic) bond motifs is 1.